The molecule has 0 radical (unpaired) electrons. The van der Waals surface area contributed by atoms with Gasteiger partial charge in [-0.25, -0.2) is 0 Å². The third-order valence-corrected chi connectivity index (χ3v) is 3.32. The van der Waals surface area contributed by atoms with Crippen LogP contribution in [-0.4, -0.2) is 37.4 Å². The lowest BCUT2D eigenvalue weighted by atomic mass is 10.2. The summed E-state index contributed by atoms with van der Waals surface area (Å²) in [5, 5.41) is 3.17. The van der Waals surface area contributed by atoms with Gasteiger partial charge in [0.1, 0.15) is 5.75 Å². The molecule has 112 valence electrons. The molecule has 0 saturated carbocycles. The number of nitrogens with zero attached hydrogens (tertiary/aromatic N) is 1. The summed E-state index contributed by atoms with van der Waals surface area (Å²) in [5.41, 5.74) is 0.520. The number of rotatable bonds is 6. The molecule has 3 nitrogen and oxygen atoms in total. The molecule has 6 heteroatoms. The molecule has 0 aliphatic carbocycles. The van der Waals surface area contributed by atoms with Crippen LogP contribution in [0.25, 0.3) is 0 Å². The van der Waals surface area contributed by atoms with Crippen LogP contribution in [0, 0.1) is 0 Å². The van der Waals surface area contributed by atoms with Crippen molar-refractivity contribution in [2.24, 2.45) is 0 Å². The first kappa shape index (κ1) is 15.1. The topological polar surface area (TPSA) is 24.5 Å². The molecule has 0 amide bonds. The first-order valence-corrected chi connectivity index (χ1v) is 6.81. The quantitative estimate of drug-likeness (QED) is 0.815. The molecule has 1 aliphatic rings. The second kappa shape index (κ2) is 6.95. The van der Waals surface area contributed by atoms with Gasteiger partial charge in [-0.1, -0.05) is 18.2 Å². The lowest BCUT2D eigenvalue weighted by Crippen LogP contribution is -2.30. The van der Waals surface area contributed by atoms with Crippen molar-refractivity contribution in [2.45, 2.75) is 25.7 Å². The van der Waals surface area contributed by atoms with E-state index >= 15 is 0 Å². The van der Waals surface area contributed by atoms with E-state index in [9.17, 15) is 13.2 Å². The fourth-order valence-corrected chi connectivity index (χ4v) is 2.34. The number of hydrogen-bond acceptors (Lipinski definition) is 3. The zero-order valence-electron chi connectivity index (χ0n) is 11.2. The van der Waals surface area contributed by atoms with Crippen LogP contribution < -0.4 is 10.1 Å². The Hall–Kier alpha value is -1.27. The first-order chi connectivity index (χ1) is 9.54. The van der Waals surface area contributed by atoms with Gasteiger partial charge in [-0.2, -0.15) is 0 Å². The zero-order valence-corrected chi connectivity index (χ0v) is 11.2. The molecule has 1 saturated heterocycles. The average Bonchev–Trinajstić information content (AvgIpc) is 2.88. The van der Waals surface area contributed by atoms with Crippen LogP contribution in [0.3, 0.4) is 0 Å². The van der Waals surface area contributed by atoms with Gasteiger partial charge in [-0.05, 0) is 32.0 Å². The summed E-state index contributed by atoms with van der Waals surface area (Å²) >= 11 is 0. The summed E-state index contributed by atoms with van der Waals surface area (Å²) in [4.78, 5) is 2.35. The number of halogens is 3. The smallest absolute Gasteiger partial charge is 0.405 e. The van der Waals surface area contributed by atoms with Crippen LogP contribution in [-0.2, 0) is 6.54 Å². The Bertz CT molecular complexity index is 417. The molecule has 0 aromatic heterocycles. The summed E-state index contributed by atoms with van der Waals surface area (Å²) in [7, 11) is 0. The molecule has 2 rings (SSSR count). The normalized spacial score (nSPS) is 16.6. The van der Waals surface area contributed by atoms with E-state index in [-0.39, 0.29) is 5.75 Å². The molecule has 1 N–H and O–H groups in total. The third-order valence-electron chi connectivity index (χ3n) is 3.32. The highest BCUT2D eigenvalue weighted by Crippen LogP contribution is 2.25. The fourth-order valence-electron chi connectivity index (χ4n) is 2.34. The predicted molar refractivity (Wildman–Crippen MR) is 70.5 cm³/mol. The third kappa shape index (κ3) is 5.02. The fraction of sp³-hybridized carbons (Fsp3) is 0.571. The van der Waals surface area contributed by atoms with Crippen LogP contribution in [0.5, 0.6) is 5.75 Å². The van der Waals surface area contributed by atoms with Gasteiger partial charge < -0.3 is 15.0 Å². The van der Waals surface area contributed by atoms with Crippen molar-refractivity contribution in [3.8, 4) is 5.75 Å². The molecule has 0 spiro atoms. The van der Waals surface area contributed by atoms with Gasteiger partial charge in [0, 0.05) is 25.2 Å². The van der Waals surface area contributed by atoms with Gasteiger partial charge in [0.15, 0.2) is 0 Å². The number of ether oxygens (including phenoxy) is 1. The second-order valence-electron chi connectivity index (χ2n) is 4.88. The lowest BCUT2D eigenvalue weighted by Gasteiger charge is -2.16. The van der Waals surface area contributed by atoms with Crippen LogP contribution in [0.15, 0.2) is 24.3 Å². The molecule has 1 aromatic carbocycles. The highest BCUT2D eigenvalue weighted by Gasteiger charge is 2.31. The number of para-hydroxylation sites is 1. The second-order valence-corrected chi connectivity index (χ2v) is 4.88. The van der Waals surface area contributed by atoms with E-state index in [1.165, 1.54) is 25.0 Å². The molecule has 20 heavy (non-hydrogen) atoms. The first-order valence-electron chi connectivity index (χ1n) is 6.81. The Morgan fingerprint density at radius 3 is 2.55 bits per heavy atom. The Morgan fingerprint density at radius 1 is 1.15 bits per heavy atom. The minimum absolute atomic E-state index is 0.131. The minimum Gasteiger partial charge on any atom is -0.405 e. The monoisotopic (exact) mass is 288 g/mol. The summed E-state index contributed by atoms with van der Waals surface area (Å²) in [5.74, 6) is -0.131. The highest BCUT2D eigenvalue weighted by molar-refractivity contribution is 5.33. The van der Waals surface area contributed by atoms with Gasteiger partial charge in [-0.3, -0.25) is 0 Å². The molecule has 1 fully saturated rings. The van der Waals surface area contributed by atoms with Gasteiger partial charge in [-0.15, -0.1) is 13.2 Å². The Morgan fingerprint density at radius 2 is 1.85 bits per heavy atom. The summed E-state index contributed by atoms with van der Waals surface area (Å²) in [6.45, 7) is 4.31. The standard InChI is InChI=1S/C14H19F3N2O/c15-14(16,17)20-13-6-2-1-5-12(13)11-18-7-10-19-8-3-4-9-19/h1-2,5-6,18H,3-4,7-11H2. The molecule has 0 bridgehead atoms. The Balaban J connectivity index is 1.79. The van der Waals surface area contributed by atoms with E-state index < -0.39 is 6.36 Å². The number of benzene rings is 1. The van der Waals surface area contributed by atoms with Crippen LogP contribution in [0.4, 0.5) is 13.2 Å². The van der Waals surface area contributed by atoms with Crippen molar-refractivity contribution < 1.29 is 17.9 Å². The van der Waals surface area contributed by atoms with E-state index in [1.54, 1.807) is 12.1 Å². The van der Waals surface area contributed by atoms with E-state index in [4.69, 9.17) is 0 Å². The number of alkyl halides is 3. The van der Waals surface area contributed by atoms with Crippen molar-refractivity contribution in [3.05, 3.63) is 29.8 Å². The van der Waals surface area contributed by atoms with E-state index in [2.05, 4.69) is 15.0 Å². The van der Waals surface area contributed by atoms with Crippen molar-refractivity contribution in [1.29, 1.82) is 0 Å². The molecular weight excluding hydrogens is 269 g/mol. The van der Waals surface area contributed by atoms with E-state index in [1.807, 2.05) is 0 Å². The van der Waals surface area contributed by atoms with Crippen LogP contribution >= 0.6 is 0 Å². The van der Waals surface area contributed by atoms with Gasteiger partial charge >= 0.3 is 6.36 Å². The van der Waals surface area contributed by atoms with Gasteiger partial charge in [0.2, 0.25) is 0 Å². The maximum atomic E-state index is 12.3. The molecule has 1 aromatic rings. The van der Waals surface area contributed by atoms with Gasteiger partial charge in [0.25, 0.3) is 0 Å². The SMILES string of the molecule is FC(F)(F)Oc1ccccc1CNCCN1CCCC1. The van der Waals surface area contributed by atoms with Crippen LogP contribution in [0.1, 0.15) is 18.4 Å². The van der Waals surface area contributed by atoms with Crippen molar-refractivity contribution >= 4 is 0 Å². The number of likely N-dealkylation sites (tertiary alicyclic amines) is 1. The van der Waals surface area contributed by atoms with E-state index in [0.717, 1.165) is 26.2 Å². The minimum atomic E-state index is -4.65. The zero-order chi connectivity index (χ0) is 14.4. The number of hydrogen-bond donors (Lipinski definition) is 1. The summed E-state index contributed by atoms with van der Waals surface area (Å²) in [6.07, 6.45) is -2.17. The largest absolute Gasteiger partial charge is 0.573 e. The average molecular weight is 288 g/mol. The van der Waals surface area contributed by atoms with Crippen molar-refractivity contribution in [1.82, 2.24) is 10.2 Å². The Labute approximate surface area is 116 Å². The maximum absolute atomic E-state index is 12.3. The number of nitrogens with one attached hydrogen (secondary N) is 1. The molecule has 0 atom stereocenters. The molecule has 1 heterocycles. The van der Waals surface area contributed by atoms with Crippen LogP contribution in [0.2, 0.25) is 0 Å². The maximum Gasteiger partial charge on any atom is 0.573 e. The summed E-state index contributed by atoms with van der Waals surface area (Å²) in [6, 6.07) is 6.23. The Kier molecular flexibility index (Phi) is 5.25. The lowest BCUT2D eigenvalue weighted by molar-refractivity contribution is -0.274. The predicted octanol–water partition coefficient (Wildman–Crippen LogP) is 2.77. The molecule has 0 unspecified atom stereocenters. The van der Waals surface area contributed by atoms with Crippen molar-refractivity contribution in [3.63, 3.8) is 0 Å². The molecule has 1 aliphatic heterocycles. The van der Waals surface area contributed by atoms with Crippen molar-refractivity contribution in [2.75, 3.05) is 26.2 Å². The molecular formula is C14H19F3N2O. The highest BCUT2D eigenvalue weighted by atomic mass is 19.4. The van der Waals surface area contributed by atoms with E-state index in [0.29, 0.717) is 12.1 Å². The van der Waals surface area contributed by atoms with Gasteiger partial charge in [0.05, 0.1) is 0 Å². The summed E-state index contributed by atoms with van der Waals surface area (Å²) < 4.78 is 40.8.